The van der Waals surface area contributed by atoms with E-state index in [1.807, 2.05) is 23.1 Å². The normalized spacial score (nSPS) is 25.0. The summed E-state index contributed by atoms with van der Waals surface area (Å²) in [5.74, 6) is -0.302. The van der Waals surface area contributed by atoms with Crippen LogP contribution >= 0.6 is 0 Å². The molecule has 0 unspecified atom stereocenters. The van der Waals surface area contributed by atoms with Gasteiger partial charge in [-0.3, -0.25) is 4.79 Å². The molecule has 1 amide bonds. The molecule has 182 valence electrons. The number of ether oxygens (including phenoxy) is 1. The maximum absolute atomic E-state index is 13.8. The van der Waals surface area contributed by atoms with E-state index in [9.17, 15) is 14.4 Å². The van der Waals surface area contributed by atoms with E-state index in [-0.39, 0.29) is 29.9 Å². The molecule has 0 bridgehead atoms. The largest absolute Gasteiger partial charge is 0.382 e. The molecule has 2 heterocycles. The lowest BCUT2D eigenvalue weighted by molar-refractivity contribution is -0.144. The maximum atomic E-state index is 13.8. The number of carbonyl (C=O) groups excluding carboxylic acids is 1. The second-order valence-corrected chi connectivity index (χ2v) is 10.1. The lowest BCUT2D eigenvalue weighted by atomic mass is 9.69. The van der Waals surface area contributed by atoms with Crippen LogP contribution in [0.5, 0.6) is 0 Å². The molecule has 0 aromatic heterocycles. The third-order valence-electron chi connectivity index (χ3n) is 7.86. The van der Waals surface area contributed by atoms with E-state index in [4.69, 9.17) is 4.74 Å². The predicted octanol–water partition coefficient (Wildman–Crippen LogP) is 4.98. The summed E-state index contributed by atoms with van der Waals surface area (Å²) >= 11 is 0. The van der Waals surface area contributed by atoms with Gasteiger partial charge in [-0.1, -0.05) is 43.0 Å². The van der Waals surface area contributed by atoms with Gasteiger partial charge in [-0.2, -0.15) is 5.26 Å². The van der Waals surface area contributed by atoms with Crippen LogP contribution in [0, 0.1) is 22.6 Å². The lowest BCUT2D eigenvalue weighted by Gasteiger charge is -2.40. The molecule has 5 nitrogen and oxygen atoms in total. The third kappa shape index (κ3) is 4.70. The number of likely N-dealkylation sites (tertiary alicyclic amines) is 1. The van der Waals surface area contributed by atoms with Crippen molar-refractivity contribution in [3.8, 4) is 17.2 Å². The van der Waals surface area contributed by atoms with Crippen LogP contribution in [-0.4, -0.2) is 42.1 Å². The first-order chi connectivity index (χ1) is 17.0. The van der Waals surface area contributed by atoms with Crippen LogP contribution in [0.4, 0.5) is 4.39 Å². The zero-order valence-corrected chi connectivity index (χ0v) is 20.0. The molecule has 5 rings (SSSR count). The van der Waals surface area contributed by atoms with Crippen LogP contribution in [0.25, 0.3) is 11.1 Å². The number of halogens is 1. The first kappa shape index (κ1) is 23.6. The number of amides is 1. The van der Waals surface area contributed by atoms with Crippen molar-refractivity contribution in [1.29, 1.82) is 5.26 Å². The summed E-state index contributed by atoms with van der Waals surface area (Å²) in [6.07, 6.45) is 5.64. The monoisotopic (exact) mass is 473 g/mol. The average Bonchev–Trinajstić information content (AvgIpc) is 3.50. The highest BCUT2D eigenvalue weighted by atomic mass is 19.1. The van der Waals surface area contributed by atoms with Crippen LogP contribution in [0.3, 0.4) is 0 Å². The molecule has 1 saturated carbocycles. The Hall–Kier alpha value is -3.17. The third-order valence-corrected chi connectivity index (χ3v) is 7.86. The second-order valence-electron chi connectivity index (χ2n) is 10.1. The molecular formula is C29H32FN3O2. The van der Waals surface area contributed by atoms with E-state index in [0.717, 1.165) is 54.7 Å². The van der Waals surface area contributed by atoms with Gasteiger partial charge in [-0.15, -0.1) is 0 Å². The van der Waals surface area contributed by atoms with E-state index in [1.54, 1.807) is 6.07 Å². The molecule has 1 aliphatic carbocycles. The zero-order chi connectivity index (χ0) is 24.4. The molecule has 2 saturated heterocycles. The van der Waals surface area contributed by atoms with Crippen LogP contribution in [0.1, 0.15) is 44.1 Å². The smallest absolute Gasteiger partial charge is 0.243 e. The SMILES string of the molecule is C=C(N[C@H]1CCN(C(=O)C2(C#N)CCC2)[C@H]1Cc1cccc(-c2cccc(F)c2)c1)[C@@H]1CCCO1. The summed E-state index contributed by atoms with van der Waals surface area (Å²) in [6, 6.07) is 16.9. The van der Waals surface area contributed by atoms with Gasteiger partial charge in [0.25, 0.3) is 0 Å². The fourth-order valence-corrected chi connectivity index (χ4v) is 5.68. The second kappa shape index (κ2) is 9.83. The minimum Gasteiger partial charge on any atom is -0.382 e. The molecule has 2 aromatic carbocycles. The van der Waals surface area contributed by atoms with Crippen molar-refractivity contribution in [2.75, 3.05) is 13.2 Å². The first-order valence-electron chi connectivity index (χ1n) is 12.6. The Kier molecular flexibility index (Phi) is 6.62. The number of benzene rings is 2. The quantitative estimate of drug-likeness (QED) is 0.616. The van der Waals surface area contributed by atoms with E-state index in [1.165, 1.54) is 12.1 Å². The van der Waals surface area contributed by atoms with Crippen molar-refractivity contribution in [1.82, 2.24) is 10.2 Å². The van der Waals surface area contributed by atoms with Crippen molar-refractivity contribution in [2.45, 2.75) is 63.1 Å². The Morgan fingerprint density at radius 2 is 1.94 bits per heavy atom. The Morgan fingerprint density at radius 3 is 2.60 bits per heavy atom. The van der Waals surface area contributed by atoms with Gasteiger partial charge in [0, 0.05) is 24.9 Å². The van der Waals surface area contributed by atoms with Crippen molar-refractivity contribution in [3.05, 3.63) is 72.2 Å². The highest BCUT2D eigenvalue weighted by molar-refractivity contribution is 5.87. The predicted molar refractivity (Wildman–Crippen MR) is 133 cm³/mol. The number of hydrogen-bond donors (Lipinski definition) is 1. The molecule has 2 aliphatic heterocycles. The minimum atomic E-state index is -0.873. The summed E-state index contributed by atoms with van der Waals surface area (Å²) in [5.41, 5.74) is 2.84. The van der Waals surface area contributed by atoms with Gasteiger partial charge in [-0.25, -0.2) is 4.39 Å². The Labute approximate surface area is 206 Å². The van der Waals surface area contributed by atoms with Gasteiger partial charge < -0.3 is 15.0 Å². The number of hydrogen-bond acceptors (Lipinski definition) is 4. The molecule has 0 spiro atoms. The van der Waals surface area contributed by atoms with Gasteiger partial charge in [0.05, 0.1) is 18.2 Å². The van der Waals surface area contributed by atoms with Crippen LogP contribution in [0.15, 0.2) is 60.8 Å². The molecule has 35 heavy (non-hydrogen) atoms. The zero-order valence-electron chi connectivity index (χ0n) is 20.0. The van der Waals surface area contributed by atoms with E-state index >= 15 is 0 Å². The van der Waals surface area contributed by atoms with Gasteiger partial charge in [0.15, 0.2) is 0 Å². The van der Waals surface area contributed by atoms with E-state index in [2.05, 4.69) is 30.1 Å². The van der Waals surface area contributed by atoms with Crippen molar-refractivity contribution < 1.29 is 13.9 Å². The summed E-state index contributed by atoms with van der Waals surface area (Å²) in [6.45, 7) is 5.61. The summed E-state index contributed by atoms with van der Waals surface area (Å²) < 4.78 is 19.6. The van der Waals surface area contributed by atoms with Gasteiger partial charge in [0.1, 0.15) is 11.2 Å². The molecular weight excluding hydrogens is 441 g/mol. The standard InChI is InChI=1S/C29H32FN3O2/c1-20(27-10-4-15-35-27)32-25-11-14-33(28(34)29(19-31)12-5-13-29)26(25)17-21-6-2-7-22(16-21)23-8-3-9-24(30)18-23/h2-3,6-9,16,18,25-27,32H,1,4-5,10-15,17H2/t25-,26-,27-/m0/s1. The van der Waals surface area contributed by atoms with Crippen molar-refractivity contribution in [3.63, 3.8) is 0 Å². The van der Waals surface area contributed by atoms with E-state index in [0.29, 0.717) is 25.8 Å². The fourth-order valence-electron chi connectivity index (χ4n) is 5.68. The number of nitriles is 1. The molecule has 6 heteroatoms. The average molecular weight is 474 g/mol. The highest BCUT2D eigenvalue weighted by Crippen LogP contribution is 2.43. The molecule has 3 aliphatic rings. The fraction of sp³-hybridized carbons (Fsp3) is 0.448. The number of nitrogens with zero attached hydrogens (tertiary/aromatic N) is 2. The minimum absolute atomic E-state index is 0.00814. The topological polar surface area (TPSA) is 65.4 Å². The van der Waals surface area contributed by atoms with Crippen LogP contribution in [0.2, 0.25) is 0 Å². The first-order valence-corrected chi connectivity index (χ1v) is 12.6. The number of carbonyl (C=O) groups is 1. The van der Waals surface area contributed by atoms with Crippen LogP contribution < -0.4 is 5.32 Å². The van der Waals surface area contributed by atoms with Crippen LogP contribution in [-0.2, 0) is 16.0 Å². The Morgan fingerprint density at radius 1 is 1.17 bits per heavy atom. The molecule has 3 atom stereocenters. The molecule has 2 aromatic rings. The number of rotatable bonds is 7. The Balaban J connectivity index is 1.40. The number of nitrogens with one attached hydrogen (secondary N) is 1. The van der Waals surface area contributed by atoms with Gasteiger partial charge in [-0.05, 0) is 73.8 Å². The van der Waals surface area contributed by atoms with E-state index < -0.39 is 5.41 Å². The molecule has 3 fully saturated rings. The maximum Gasteiger partial charge on any atom is 0.243 e. The Bertz CT molecular complexity index is 1150. The summed E-state index contributed by atoms with van der Waals surface area (Å²) in [7, 11) is 0. The van der Waals surface area contributed by atoms with Crippen molar-refractivity contribution >= 4 is 5.91 Å². The van der Waals surface area contributed by atoms with Crippen molar-refractivity contribution in [2.24, 2.45) is 5.41 Å². The molecule has 0 radical (unpaired) electrons. The van der Waals surface area contributed by atoms with Gasteiger partial charge >= 0.3 is 0 Å². The summed E-state index contributed by atoms with van der Waals surface area (Å²) in [5, 5.41) is 13.4. The summed E-state index contributed by atoms with van der Waals surface area (Å²) in [4.78, 5) is 15.5. The van der Waals surface area contributed by atoms with Gasteiger partial charge in [0.2, 0.25) is 5.91 Å². The lowest BCUT2D eigenvalue weighted by Crippen LogP contribution is -2.53. The molecule has 1 N–H and O–H groups in total. The highest BCUT2D eigenvalue weighted by Gasteiger charge is 2.50.